The van der Waals surface area contributed by atoms with Crippen LogP contribution in [-0.4, -0.2) is 69.0 Å². The number of ether oxygens (including phenoxy) is 2. The lowest BCUT2D eigenvalue weighted by Gasteiger charge is -2.09. The van der Waals surface area contributed by atoms with Gasteiger partial charge in [-0.3, -0.25) is 14.4 Å². The Balaban J connectivity index is 0. The van der Waals surface area contributed by atoms with Gasteiger partial charge in [-0.1, -0.05) is 55.4 Å². The molecular weight excluding hydrogens is 420 g/mol. The average molecular weight is 473 g/mol. The Kier molecular flexibility index (Phi) is 23.3. The van der Waals surface area contributed by atoms with Gasteiger partial charge in [-0.15, -0.1) is 0 Å². The number of hydrogen-bond acceptors (Lipinski definition) is 7. The van der Waals surface area contributed by atoms with Gasteiger partial charge in [-0.05, 0) is 6.42 Å². The van der Waals surface area contributed by atoms with Crippen LogP contribution in [0.15, 0.2) is 0 Å². The molecule has 0 heterocycles. The number of rotatable bonds is 20. The summed E-state index contributed by atoms with van der Waals surface area (Å²) in [6.07, 6.45) is 2.60. The molecule has 0 aromatic heterocycles. The molecular formula is C26H52N2O5. The van der Waals surface area contributed by atoms with Crippen molar-refractivity contribution in [2.75, 3.05) is 39.5 Å². The molecule has 7 heteroatoms. The summed E-state index contributed by atoms with van der Waals surface area (Å²) >= 11 is 0. The third-order valence-electron chi connectivity index (χ3n) is 4.78. The first-order chi connectivity index (χ1) is 15.5. The first-order valence-corrected chi connectivity index (χ1v) is 12.7. The van der Waals surface area contributed by atoms with E-state index in [4.69, 9.17) is 9.47 Å². The van der Waals surface area contributed by atoms with Crippen LogP contribution in [0.25, 0.3) is 0 Å². The summed E-state index contributed by atoms with van der Waals surface area (Å²) in [5.41, 5.74) is 0. The van der Waals surface area contributed by atoms with Gasteiger partial charge in [0.25, 0.3) is 0 Å². The molecule has 0 rings (SSSR count). The lowest BCUT2D eigenvalue weighted by atomic mass is 10.0. The summed E-state index contributed by atoms with van der Waals surface area (Å²) in [4.78, 5) is 34.1. The van der Waals surface area contributed by atoms with Gasteiger partial charge in [0.2, 0.25) is 0 Å². The Labute approximate surface area is 203 Å². The van der Waals surface area contributed by atoms with Crippen molar-refractivity contribution in [3.63, 3.8) is 0 Å². The molecule has 7 nitrogen and oxygen atoms in total. The van der Waals surface area contributed by atoms with Crippen molar-refractivity contribution in [2.24, 2.45) is 11.8 Å². The van der Waals surface area contributed by atoms with E-state index < -0.39 is 0 Å². The van der Waals surface area contributed by atoms with Crippen LogP contribution in [0.2, 0.25) is 0 Å². The third-order valence-corrected chi connectivity index (χ3v) is 4.78. The van der Waals surface area contributed by atoms with Crippen LogP contribution in [0.3, 0.4) is 0 Å². The number of hydrogen-bond donors (Lipinski definition) is 2. The van der Waals surface area contributed by atoms with Crippen molar-refractivity contribution in [3.8, 4) is 0 Å². The summed E-state index contributed by atoms with van der Waals surface area (Å²) < 4.78 is 10.8. The van der Waals surface area contributed by atoms with Crippen molar-refractivity contribution < 1.29 is 23.9 Å². The smallest absolute Gasteiger partial charge is 0.136 e. The topological polar surface area (TPSA) is 93.7 Å². The molecule has 0 amide bonds. The molecule has 0 atom stereocenters. The second-order valence-corrected chi connectivity index (χ2v) is 9.58. The van der Waals surface area contributed by atoms with Crippen molar-refractivity contribution in [1.29, 1.82) is 0 Å². The van der Waals surface area contributed by atoms with Crippen molar-refractivity contribution in [2.45, 2.75) is 99.6 Å². The van der Waals surface area contributed by atoms with Crippen LogP contribution in [-0.2, 0) is 23.9 Å². The second-order valence-electron chi connectivity index (χ2n) is 9.58. The zero-order valence-electron chi connectivity index (χ0n) is 22.6. The minimum Gasteiger partial charge on any atom is -0.379 e. The van der Waals surface area contributed by atoms with Gasteiger partial charge in [0.1, 0.15) is 17.3 Å². The van der Waals surface area contributed by atoms with Crippen LogP contribution < -0.4 is 10.6 Å². The molecule has 0 spiro atoms. The third kappa shape index (κ3) is 27.0. The number of carbonyl (C=O) groups excluding carboxylic acids is 3. The maximum Gasteiger partial charge on any atom is 0.136 e. The molecule has 2 N–H and O–H groups in total. The van der Waals surface area contributed by atoms with E-state index in [2.05, 4.69) is 38.3 Å². The lowest BCUT2D eigenvalue weighted by molar-refractivity contribution is -0.126. The van der Waals surface area contributed by atoms with Crippen LogP contribution in [0, 0.1) is 11.8 Å². The summed E-state index contributed by atoms with van der Waals surface area (Å²) in [7, 11) is 0. The molecule has 0 unspecified atom stereocenters. The quantitative estimate of drug-likeness (QED) is 0.259. The summed E-state index contributed by atoms with van der Waals surface area (Å²) in [6, 6.07) is 0.961. The fourth-order valence-electron chi connectivity index (χ4n) is 2.56. The van der Waals surface area contributed by atoms with E-state index in [1.54, 1.807) is 0 Å². The molecule has 0 radical (unpaired) electrons. The Morgan fingerprint density at radius 2 is 1.06 bits per heavy atom. The van der Waals surface area contributed by atoms with Crippen LogP contribution in [0.5, 0.6) is 0 Å². The minimum absolute atomic E-state index is 0.0203. The van der Waals surface area contributed by atoms with E-state index in [-0.39, 0.29) is 23.4 Å². The molecule has 0 saturated carbocycles. The maximum absolute atomic E-state index is 11.6. The highest BCUT2D eigenvalue weighted by Crippen LogP contribution is 2.05. The van der Waals surface area contributed by atoms with Gasteiger partial charge in [-0.25, -0.2) is 0 Å². The predicted molar refractivity (Wildman–Crippen MR) is 136 cm³/mol. The number of carbonyl (C=O) groups is 3. The Morgan fingerprint density at radius 3 is 1.58 bits per heavy atom. The highest BCUT2D eigenvalue weighted by molar-refractivity contribution is 5.86. The van der Waals surface area contributed by atoms with E-state index in [1.807, 2.05) is 27.7 Å². The van der Waals surface area contributed by atoms with E-state index in [0.717, 1.165) is 13.1 Å². The fraction of sp³-hybridized carbons (Fsp3) is 0.885. The van der Waals surface area contributed by atoms with E-state index in [9.17, 15) is 14.4 Å². The maximum atomic E-state index is 11.6. The molecule has 0 saturated heterocycles. The van der Waals surface area contributed by atoms with Gasteiger partial charge >= 0.3 is 0 Å². The molecule has 0 fully saturated rings. The van der Waals surface area contributed by atoms with Crippen LogP contribution >= 0.6 is 0 Å². The molecule has 0 aromatic rings. The van der Waals surface area contributed by atoms with Gasteiger partial charge in [-0.2, -0.15) is 0 Å². The second kappa shape index (κ2) is 22.6. The van der Waals surface area contributed by atoms with Crippen molar-refractivity contribution in [1.82, 2.24) is 10.6 Å². The molecule has 0 aliphatic rings. The van der Waals surface area contributed by atoms with E-state index in [0.29, 0.717) is 76.4 Å². The summed E-state index contributed by atoms with van der Waals surface area (Å²) in [5.74, 6) is 0.858. The SMILES string of the molecule is CC(C)NCCC(=O)C(C)C.CC(C)NCCOCCOCCCC(=O)CCC(=O)C(C)C. The number of Topliss-reactive ketones (excluding diaryl/α,β-unsaturated/α-hetero) is 3. The first-order valence-electron chi connectivity index (χ1n) is 12.7. The Bertz CT molecular complexity index is 505. The van der Waals surface area contributed by atoms with Gasteiger partial charge in [0, 0.05) is 69.3 Å². The van der Waals surface area contributed by atoms with Gasteiger partial charge in [0.15, 0.2) is 0 Å². The standard InChI is InChI=1S/C17H33NO4.C9H19NO/c1-14(2)17(20)8-7-16(19)6-5-10-21-12-13-22-11-9-18-15(3)4;1-7(2)9(11)5-6-10-8(3)4/h14-15,18H,5-13H2,1-4H3;7-8,10H,5-6H2,1-4H3. The zero-order chi connectivity index (χ0) is 25.6. The molecule has 33 heavy (non-hydrogen) atoms. The monoisotopic (exact) mass is 472 g/mol. The molecule has 0 aromatic carbocycles. The van der Waals surface area contributed by atoms with E-state index >= 15 is 0 Å². The van der Waals surface area contributed by atoms with Crippen molar-refractivity contribution in [3.05, 3.63) is 0 Å². The normalized spacial score (nSPS) is 11.3. The van der Waals surface area contributed by atoms with Crippen LogP contribution in [0.1, 0.15) is 87.5 Å². The highest BCUT2D eigenvalue weighted by atomic mass is 16.5. The Morgan fingerprint density at radius 1 is 0.576 bits per heavy atom. The molecule has 0 bridgehead atoms. The van der Waals surface area contributed by atoms with Gasteiger partial charge < -0.3 is 20.1 Å². The summed E-state index contributed by atoms with van der Waals surface area (Å²) in [5, 5.41) is 6.48. The van der Waals surface area contributed by atoms with E-state index in [1.165, 1.54) is 0 Å². The summed E-state index contributed by atoms with van der Waals surface area (Å²) in [6.45, 7) is 20.0. The largest absolute Gasteiger partial charge is 0.379 e. The fourth-order valence-corrected chi connectivity index (χ4v) is 2.56. The zero-order valence-corrected chi connectivity index (χ0v) is 22.6. The lowest BCUT2D eigenvalue weighted by Crippen LogP contribution is -2.27. The highest BCUT2D eigenvalue weighted by Gasteiger charge is 2.10. The number of ketones is 3. The van der Waals surface area contributed by atoms with Crippen molar-refractivity contribution >= 4 is 17.3 Å². The molecule has 196 valence electrons. The molecule has 0 aliphatic heterocycles. The average Bonchev–Trinajstić information content (AvgIpc) is 2.72. The van der Waals surface area contributed by atoms with Crippen LogP contribution in [0.4, 0.5) is 0 Å². The number of nitrogens with one attached hydrogen (secondary N) is 2. The Hall–Kier alpha value is -1.15. The molecule has 0 aliphatic carbocycles. The predicted octanol–water partition coefficient (Wildman–Crippen LogP) is 3.97. The van der Waals surface area contributed by atoms with Gasteiger partial charge in [0.05, 0.1) is 19.8 Å². The first kappa shape index (κ1) is 34.0. The minimum atomic E-state index is 0.0203.